The van der Waals surface area contributed by atoms with Crippen LogP contribution in [-0.2, 0) is 21.9 Å². The Kier molecular flexibility index (Phi) is 8.58. The van der Waals surface area contributed by atoms with E-state index >= 15 is 0 Å². The number of imidazole rings is 1. The van der Waals surface area contributed by atoms with Gasteiger partial charge in [-0.1, -0.05) is 114 Å². The van der Waals surface area contributed by atoms with Crippen LogP contribution in [0.3, 0.4) is 0 Å². The Morgan fingerprint density at radius 1 is 0.902 bits per heavy atom. The van der Waals surface area contributed by atoms with Gasteiger partial charge in [0.05, 0.1) is 17.3 Å². The molecule has 1 N–H and O–H groups in total. The Hall–Kier alpha value is -5.78. The number of ether oxygens (including phenoxy) is 1. The summed E-state index contributed by atoms with van der Waals surface area (Å²) in [6.07, 6.45) is 1.85. The molecule has 4 heterocycles. The molecular weight excluding hydrogens is 679 g/mol. The van der Waals surface area contributed by atoms with E-state index in [1.807, 2.05) is 97.2 Å². The van der Waals surface area contributed by atoms with E-state index in [0.29, 0.717) is 39.4 Å². The van der Waals surface area contributed by atoms with E-state index < -0.39 is 17.7 Å². The number of aliphatic hydroxyl groups excluding tert-OH is 1. The fourth-order valence-corrected chi connectivity index (χ4v) is 8.32. The Labute approximate surface area is 301 Å². The summed E-state index contributed by atoms with van der Waals surface area (Å²) < 4.78 is 8.64. The maximum Gasteiger partial charge on any atom is 0.301 e. The van der Waals surface area contributed by atoms with Crippen molar-refractivity contribution in [1.29, 1.82) is 0 Å². The first-order chi connectivity index (χ1) is 24.9. The van der Waals surface area contributed by atoms with Crippen LogP contribution in [0.15, 0.2) is 125 Å². The number of carbonyl (C=O) groups excluding carboxylic acids is 2. The molecule has 7 aromatic rings. The number of benzene rings is 4. The van der Waals surface area contributed by atoms with Crippen LogP contribution in [0.25, 0.3) is 22.2 Å². The number of amides is 1. The number of nitrogens with zero attached hydrogens (tertiary/aromatic N) is 5. The Morgan fingerprint density at radius 3 is 2.53 bits per heavy atom. The number of carbonyl (C=O) groups is 2. The number of hydrogen-bond donors (Lipinski definition) is 1. The molecule has 51 heavy (non-hydrogen) atoms. The third kappa shape index (κ3) is 6.04. The van der Waals surface area contributed by atoms with Gasteiger partial charge in [-0.3, -0.25) is 14.5 Å². The van der Waals surface area contributed by atoms with Crippen LogP contribution in [0.2, 0.25) is 0 Å². The maximum absolute atomic E-state index is 14.0. The molecule has 1 fully saturated rings. The van der Waals surface area contributed by atoms with Crippen molar-refractivity contribution in [3.05, 3.63) is 155 Å². The van der Waals surface area contributed by atoms with Crippen molar-refractivity contribution < 1.29 is 19.4 Å². The van der Waals surface area contributed by atoms with Crippen LogP contribution in [0.4, 0.5) is 5.13 Å². The van der Waals surface area contributed by atoms with E-state index in [1.165, 1.54) is 28.0 Å². The number of rotatable bonds is 9. The van der Waals surface area contributed by atoms with Crippen LogP contribution in [0.1, 0.15) is 39.7 Å². The summed E-state index contributed by atoms with van der Waals surface area (Å²) in [6.45, 7) is 4.08. The zero-order valence-corrected chi connectivity index (χ0v) is 29.3. The fourth-order valence-electron chi connectivity index (χ4n) is 6.45. The van der Waals surface area contributed by atoms with Crippen molar-refractivity contribution in [3.63, 3.8) is 0 Å². The van der Waals surface area contributed by atoms with Crippen molar-refractivity contribution in [2.75, 3.05) is 4.90 Å². The zero-order valence-electron chi connectivity index (χ0n) is 27.7. The second-order valence-corrected chi connectivity index (χ2v) is 14.4. The zero-order chi connectivity index (χ0) is 35.1. The van der Waals surface area contributed by atoms with Gasteiger partial charge in [-0.25, -0.2) is 4.98 Å². The Morgan fingerprint density at radius 2 is 1.69 bits per heavy atom. The lowest BCUT2D eigenvalue weighted by molar-refractivity contribution is -0.132. The minimum Gasteiger partial charge on any atom is -0.505 e. The predicted molar refractivity (Wildman–Crippen MR) is 200 cm³/mol. The highest BCUT2D eigenvalue weighted by Gasteiger charge is 2.49. The van der Waals surface area contributed by atoms with Crippen LogP contribution < -0.4 is 9.64 Å². The largest absolute Gasteiger partial charge is 0.505 e. The summed E-state index contributed by atoms with van der Waals surface area (Å²) >= 11 is 2.74. The third-order valence-corrected chi connectivity index (χ3v) is 11.1. The number of fused-ring (bicyclic) bond motifs is 2. The summed E-state index contributed by atoms with van der Waals surface area (Å²) in [5.41, 5.74) is 5.06. The first-order valence-electron chi connectivity index (χ1n) is 16.3. The number of ketones is 1. The highest BCUT2D eigenvalue weighted by molar-refractivity contribution is 8.00. The molecule has 11 heteroatoms. The van der Waals surface area contributed by atoms with Gasteiger partial charge in [0.2, 0.25) is 5.13 Å². The van der Waals surface area contributed by atoms with E-state index in [9.17, 15) is 14.7 Å². The number of aryl methyl sites for hydroxylation is 2. The summed E-state index contributed by atoms with van der Waals surface area (Å²) in [5, 5.41) is 23.3. The minimum absolute atomic E-state index is 0.0791. The van der Waals surface area contributed by atoms with Gasteiger partial charge < -0.3 is 14.2 Å². The van der Waals surface area contributed by atoms with Crippen molar-refractivity contribution in [1.82, 2.24) is 19.6 Å². The average molecular weight is 710 g/mol. The number of aromatic nitrogens is 4. The average Bonchev–Trinajstić information content (AvgIpc) is 3.84. The highest BCUT2D eigenvalue weighted by atomic mass is 32.2. The molecule has 1 amide bonds. The van der Waals surface area contributed by atoms with Crippen molar-refractivity contribution in [3.8, 4) is 5.75 Å². The normalized spacial score (nSPS) is 15.6. The first-order valence-corrected chi connectivity index (χ1v) is 18.1. The van der Waals surface area contributed by atoms with E-state index in [4.69, 9.17) is 9.72 Å². The molecule has 3 aromatic heterocycles. The molecule has 0 saturated carbocycles. The second kappa shape index (κ2) is 13.5. The Bertz CT molecular complexity index is 2480. The number of thioether (sulfide) groups is 1. The van der Waals surface area contributed by atoms with Gasteiger partial charge >= 0.3 is 5.91 Å². The standard InChI is InChI=1S/C40H31N5O4S2/c1-24-11-10-20-44-25(2)33(41-37(24)44)35(46)32-34(28-16-9-18-30(21-28)49-22-26-12-4-3-5-13-26)45(38(48)36(32)47)39-42-43-40(51-39)50-23-29-17-8-15-27-14-6-7-19-31(27)29/h3-21,34,46H,22-23H2,1-2H3. The van der Waals surface area contributed by atoms with Crippen LogP contribution in [0.5, 0.6) is 5.75 Å². The molecule has 9 nitrogen and oxygen atoms in total. The maximum atomic E-state index is 14.0. The summed E-state index contributed by atoms with van der Waals surface area (Å²) in [5.74, 6) is -0.804. The van der Waals surface area contributed by atoms with E-state index in [-0.39, 0.29) is 22.2 Å². The summed E-state index contributed by atoms with van der Waals surface area (Å²) in [6, 6.07) is 34.2. The quantitative estimate of drug-likeness (QED) is 0.0523. The summed E-state index contributed by atoms with van der Waals surface area (Å²) in [4.78, 5) is 34.0. The topological polar surface area (TPSA) is 110 Å². The number of pyridine rings is 1. The number of Topliss-reactive ketones (excluding diaryl/α,β-unsaturated/α-hetero) is 1. The van der Waals surface area contributed by atoms with Crippen LogP contribution in [-0.4, -0.2) is 36.4 Å². The van der Waals surface area contributed by atoms with E-state index in [2.05, 4.69) is 34.5 Å². The molecule has 0 aliphatic carbocycles. The van der Waals surface area contributed by atoms with Gasteiger partial charge in [0.25, 0.3) is 5.78 Å². The number of anilines is 1. The van der Waals surface area contributed by atoms with Crippen molar-refractivity contribution >= 4 is 62.1 Å². The molecule has 252 valence electrons. The number of hydrogen-bond acceptors (Lipinski definition) is 9. The Balaban J connectivity index is 1.18. The SMILES string of the molecule is Cc1cccn2c(C)c(C(O)=C3C(=O)C(=O)N(c4nnc(SCc5cccc6ccccc56)s4)C3c3cccc(OCc4ccccc4)c3)nc12. The number of aliphatic hydroxyl groups is 1. The van der Waals surface area contributed by atoms with Crippen LogP contribution in [0, 0.1) is 13.8 Å². The third-order valence-electron chi connectivity index (χ3n) is 9.01. The molecular formula is C40H31N5O4S2. The molecule has 0 bridgehead atoms. The van der Waals surface area contributed by atoms with Crippen molar-refractivity contribution in [2.45, 2.75) is 36.6 Å². The molecule has 4 aromatic carbocycles. The lowest BCUT2D eigenvalue weighted by Gasteiger charge is -2.23. The smallest absolute Gasteiger partial charge is 0.301 e. The van der Waals surface area contributed by atoms with Gasteiger partial charge in [-0.2, -0.15) is 0 Å². The minimum atomic E-state index is -1.01. The van der Waals surface area contributed by atoms with Gasteiger partial charge in [0.1, 0.15) is 23.7 Å². The monoisotopic (exact) mass is 709 g/mol. The highest BCUT2D eigenvalue weighted by Crippen LogP contribution is 2.45. The first kappa shape index (κ1) is 32.4. The predicted octanol–water partition coefficient (Wildman–Crippen LogP) is 8.45. The second-order valence-electron chi connectivity index (χ2n) is 12.2. The van der Waals surface area contributed by atoms with Crippen molar-refractivity contribution in [2.24, 2.45) is 0 Å². The van der Waals surface area contributed by atoms with E-state index in [1.54, 1.807) is 12.1 Å². The lowest BCUT2D eigenvalue weighted by Crippen LogP contribution is -2.29. The van der Waals surface area contributed by atoms with Crippen LogP contribution >= 0.6 is 23.1 Å². The molecule has 1 aliphatic rings. The van der Waals surface area contributed by atoms with Gasteiger partial charge in [-0.05, 0) is 65.1 Å². The van der Waals surface area contributed by atoms with E-state index in [0.717, 1.165) is 27.5 Å². The summed E-state index contributed by atoms with van der Waals surface area (Å²) in [7, 11) is 0. The van der Waals surface area contributed by atoms with Gasteiger partial charge in [0.15, 0.2) is 10.1 Å². The fraction of sp³-hybridized carbons (Fsp3) is 0.125. The molecule has 1 unspecified atom stereocenters. The van der Waals surface area contributed by atoms with Gasteiger partial charge in [0, 0.05) is 11.9 Å². The lowest BCUT2D eigenvalue weighted by atomic mass is 9.96. The molecule has 1 atom stereocenters. The molecule has 0 spiro atoms. The molecule has 1 aliphatic heterocycles. The molecule has 8 rings (SSSR count). The molecule has 0 radical (unpaired) electrons. The molecule has 1 saturated heterocycles. The van der Waals surface area contributed by atoms with Gasteiger partial charge in [-0.15, -0.1) is 10.2 Å².